The number of rotatable bonds is 7. The van der Waals surface area contributed by atoms with Crippen molar-refractivity contribution in [3.8, 4) is 0 Å². The highest BCUT2D eigenvalue weighted by Crippen LogP contribution is 1.90. The van der Waals surface area contributed by atoms with Crippen LogP contribution in [0.2, 0.25) is 0 Å². The van der Waals surface area contributed by atoms with Gasteiger partial charge in [0.15, 0.2) is 0 Å². The molecule has 0 aromatic rings. The second-order valence-corrected chi connectivity index (χ2v) is 4.56. The molecule has 1 unspecified atom stereocenters. The van der Waals surface area contributed by atoms with E-state index in [9.17, 15) is 14.4 Å². The average molecular weight is 275 g/mol. The van der Waals surface area contributed by atoms with E-state index in [0.717, 1.165) is 0 Å². The van der Waals surface area contributed by atoms with Crippen molar-refractivity contribution in [2.24, 2.45) is 0 Å². The Balaban J connectivity index is 3.94. The van der Waals surface area contributed by atoms with Crippen LogP contribution >= 0.6 is 12.6 Å². The lowest BCUT2D eigenvalue weighted by Crippen LogP contribution is -2.48. The van der Waals surface area contributed by atoms with E-state index in [-0.39, 0.29) is 42.5 Å². The van der Waals surface area contributed by atoms with Crippen LogP contribution < -0.4 is 16.0 Å². The van der Waals surface area contributed by atoms with Crippen LogP contribution in [0.4, 0.5) is 0 Å². The minimum absolute atomic E-state index is 0.0813. The number of hydrogen-bond acceptors (Lipinski definition) is 4. The maximum absolute atomic E-state index is 11.6. The molecule has 0 rings (SSSR count). The van der Waals surface area contributed by atoms with Crippen LogP contribution in [0.15, 0.2) is 0 Å². The zero-order valence-electron chi connectivity index (χ0n) is 10.9. The summed E-state index contributed by atoms with van der Waals surface area (Å²) in [7, 11) is 0. The van der Waals surface area contributed by atoms with Crippen LogP contribution in [0, 0.1) is 0 Å². The molecule has 3 amide bonds. The molecule has 0 aliphatic rings. The summed E-state index contributed by atoms with van der Waals surface area (Å²) in [6.45, 7) is 5.30. The molecule has 0 aliphatic carbocycles. The Hall–Kier alpha value is -1.24. The van der Waals surface area contributed by atoms with Crippen molar-refractivity contribution in [1.29, 1.82) is 0 Å². The summed E-state index contributed by atoms with van der Waals surface area (Å²) in [4.78, 5) is 33.7. The first-order chi connectivity index (χ1) is 8.36. The predicted molar refractivity (Wildman–Crippen MR) is 72.4 cm³/mol. The fraction of sp³-hybridized carbons (Fsp3) is 0.727. The lowest BCUT2D eigenvalue weighted by atomic mass is 10.3. The quantitative estimate of drug-likeness (QED) is 0.470. The number of carbonyl (C=O) groups is 3. The Morgan fingerprint density at radius 2 is 1.78 bits per heavy atom. The zero-order valence-corrected chi connectivity index (χ0v) is 11.8. The Kier molecular flexibility index (Phi) is 8.19. The third-order valence-electron chi connectivity index (χ3n) is 1.98. The normalized spacial score (nSPS) is 11.8. The summed E-state index contributed by atoms with van der Waals surface area (Å²) >= 11 is 3.98. The fourth-order valence-electron chi connectivity index (χ4n) is 1.26. The molecule has 1 atom stereocenters. The van der Waals surface area contributed by atoms with Crippen molar-refractivity contribution < 1.29 is 14.4 Å². The summed E-state index contributed by atoms with van der Waals surface area (Å²) in [6.07, 6.45) is 0.212. The van der Waals surface area contributed by atoms with Crippen LogP contribution in [0.5, 0.6) is 0 Å². The average Bonchev–Trinajstić information content (AvgIpc) is 2.24. The molecule has 0 aromatic carbocycles. The van der Waals surface area contributed by atoms with Crippen molar-refractivity contribution in [1.82, 2.24) is 16.0 Å². The van der Waals surface area contributed by atoms with Gasteiger partial charge >= 0.3 is 0 Å². The maximum Gasteiger partial charge on any atom is 0.243 e. The lowest BCUT2D eigenvalue weighted by molar-refractivity contribution is -0.127. The molecule has 0 saturated heterocycles. The minimum Gasteiger partial charge on any atom is -0.354 e. The second-order valence-electron chi connectivity index (χ2n) is 4.20. The minimum atomic E-state index is -0.668. The molecule has 18 heavy (non-hydrogen) atoms. The molecule has 0 aromatic heterocycles. The van der Waals surface area contributed by atoms with Crippen molar-refractivity contribution in [3.63, 3.8) is 0 Å². The summed E-state index contributed by atoms with van der Waals surface area (Å²) in [6, 6.07) is -0.586. The summed E-state index contributed by atoms with van der Waals surface area (Å²) in [5.41, 5.74) is 0. The first kappa shape index (κ1) is 16.8. The molecule has 0 saturated carbocycles. The van der Waals surface area contributed by atoms with Crippen LogP contribution in [0.1, 0.15) is 27.2 Å². The number of thiol groups is 1. The van der Waals surface area contributed by atoms with Gasteiger partial charge in [-0.1, -0.05) is 0 Å². The van der Waals surface area contributed by atoms with E-state index in [1.807, 2.05) is 13.8 Å². The highest BCUT2D eigenvalue weighted by molar-refractivity contribution is 7.80. The predicted octanol–water partition coefficient (Wildman–Crippen LogP) is -0.548. The smallest absolute Gasteiger partial charge is 0.243 e. The van der Waals surface area contributed by atoms with Gasteiger partial charge in [-0.25, -0.2) is 0 Å². The third-order valence-corrected chi connectivity index (χ3v) is 2.34. The van der Waals surface area contributed by atoms with Gasteiger partial charge in [-0.05, 0) is 13.8 Å². The van der Waals surface area contributed by atoms with Crippen LogP contribution in [0.3, 0.4) is 0 Å². The van der Waals surface area contributed by atoms with Gasteiger partial charge < -0.3 is 16.0 Å². The standard InChI is InChI=1S/C11H21N3O3S/c1-7(2)13-10(16)4-5-12-11(17)9(6-18)14-8(3)15/h7,9,18H,4-6H2,1-3H3,(H,12,17)(H,13,16)(H,14,15). The molecular formula is C11H21N3O3S. The van der Waals surface area contributed by atoms with E-state index in [2.05, 4.69) is 28.6 Å². The molecule has 104 valence electrons. The van der Waals surface area contributed by atoms with Crippen molar-refractivity contribution in [2.45, 2.75) is 39.3 Å². The van der Waals surface area contributed by atoms with Crippen molar-refractivity contribution in [2.75, 3.05) is 12.3 Å². The Bertz CT molecular complexity index is 308. The molecule has 3 N–H and O–H groups in total. The topological polar surface area (TPSA) is 87.3 Å². The summed E-state index contributed by atoms with van der Waals surface area (Å²) in [5.74, 6) is -0.532. The number of hydrogen-bond donors (Lipinski definition) is 4. The number of amides is 3. The zero-order chi connectivity index (χ0) is 14.1. The molecule has 0 heterocycles. The molecule has 0 bridgehead atoms. The van der Waals surface area contributed by atoms with Gasteiger partial charge in [-0.2, -0.15) is 12.6 Å². The second kappa shape index (κ2) is 8.79. The van der Waals surface area contributed by atoms with E-state index in [0.29, 0.717) is 0 Å². The van der Waals surface area contributed by atoms with Gasteiger partial charge in [0.2, 0.25) is 17.7 Å². The highest BCUT2D eigenvalue weighted by atomic mass is 32.1. The first-order valence-electron chi connectivity index (χ1n) is 5.81. The SMILES string of the molecule is CC(=O)NC(CS)C(=O)NCCC(=O)NC(C)C. The Labute approximate surface area is 113 Å². The fourth-order valence-corrected chi connectivity index (χ4v) is 1.51. The summed E-state index contributed by atoms with van der Waals surface area (Å²) in [5, 5.41) is 7.77. The Morgan fingerprint density at radius 1 is 1.17 bits per heavy atom. The van der Waals surface area contributed by atoms with Gasteiger partial charge in [0.05, 0.1) is 0 Å². The van der Waals surface area contributed by atoms with Crippen LogP contribution in [-0.4, -0.2) is 42.1 Å². The molecule has 7 heteroatoms. The Morgan fingerprint density at radius 3 is 2.22 bits per heavy atom. The van der Waals surface area contributed by atoms with E-state index in [4.69, 9.17) is 0 Å². The van der Waals surface area contributed by atoms with E-state index >= 15 is 0 Å². The number of nitrogens with one attached hydrogen (secondary N) is 3. The van der Waals surface area contributed by atoms with Crippen molar-refractivity contribution >= 4 is 30.4 Å². The third kappa shape index (κ3) is 7.94. The van der Waals surface area contributed by atoms with Gasteiger partial charge in [0, 0.05) is 31.7 Å². The lowest BCUT2D eigenvalue weighted by Gasteiger charge is -2.15. The molecule has 6 nitrogen and oxygen atoms in total. The van der Waals surface area contributed by atoms with Crippen LogP contribution in [-0.2, 0) is 14.4 Å². The number of carbonyl (C=O) groups excluding carboxylic acids is 3. The maximum atomic E-state index is 11.6. The van der Waals surface area contributed by atoms with Crippen LogP contribution in [0.25, 0.3) is 0 Å². The molecule has 0 radical (unpaired) electrons. The van der Waals surface area contributed by atoms with Crippen molar-refractivity contribution in [3.05, 3.63) is 0 Å². The highest BCUT2D eigenvalue weighted by Gasteiger charge is 2.17. The van der Waals surface area contributed by atoms with Gasteiger partial charge in [0.1, 0.15) is 6.04 Å². The van der Waals surface area contributed by atoms with Gasteiger partial charge in [-0.15, -0.1) is 0 Å². The largest absolute Gasteiger partial charge is 0.354 e. The monoisotopic (exact) mass is 275 g/mol. The van der Waals surface area contributed by atoms with E-state index < -0.39 is 6.04 Å². The first-order valence-corrected chi connectivity index (χ1v) is 6.45. The van der Waals surface area contributed by atoms with E-state index in [1.165, 1.54) is 6.92 Å². The summed E-state index contributed by atoms with van der Waals surface area (Å²) < 4.78 is 0. The molecule has 0 aliphatic heterocycles. The van der Waals surface area contributed by atoms with Gasteiger partial charge in [0.25, 0.3) is 0 Å². The molecule has 0 spiro atoms. The molecule has 0 fully saturated rings. The van der Waals surface area contributed by atoms with E-state index in [1.54, 1.807) is 0 Å². The van der Waals surface area contributed by atoms with Gasteiger partial charge in [-0.3, -0.25) is 14.4 Å². The molecular weight excluding hydrogens is 254 g/mol.